The molecule has 0 spiro atoms. The Balaban J connectivity index is 1.77. The Morgan fingerprint density at radius 2 is 1.79 bits per heavy atom. The van der Waals surface area contributed by atoms with Crippen LogP contribution in [0.25, 0.3) is 0 Å². The molecule has 0 saturated heterocycles. The quantitative estimate of drug-likeness (QED) is 0.641. The van der Waals surface area contributed by atoms with Crippen molar-refractivity contribution < 1.29 is 19.5 Å². The number of aliphatic hydroxyl groups excluding tert-OH is 1. The van der Waals surface area contributed by atoms with Gasteiger partial charge in [0.1, 0.15) is 5.70 Å². The van der Waals surface area contributed by atoms with Crippen molar-refractivity contribution in [3.05, 3.63) is 71.4 Å². The second-order valence-corrected chi connectivity index (χ2v) is 6.25. The highest BCUT2D eigenvalue weighted by Crippen LogP contribution is 2.22. The molecule has 0 unspecified atom stereocenters. The maximum Gasteiger partial charge on any atom is 0.277 e. The summed E-state index contributed by atoms with van der Waals surface area (Å²) < 4.78 is 0. The van der Waals surface area contributed by atoms with Gasteiger partial charge in [0.2, 0.25) is 0 Å². The average Bonchev–Trinajstić information content (AvgIpc) is 2.96. The lowest BCUT2D eigenvalue weighted by atomic mass is 10.1. The van der Waals surface area contributed by atoms with Crippen molar-refractivity contribution in [2.24, 2.45) is 0 Å². The molecule has 1 heterocycles. The van der Waals surface area contributed by atoms with Gasteiger partial charge in [-0.2, -0.15) is 0 Å². The van der Waals surface area contributed by atoms with Crippen molar-refractivity contribution in [2.75, 3.05) is 23.8 Å². The number of benzene rings is 2. The molecular formula is C21H21N3O4. The summed E-state index contributed by atoms with van der Waals surface area (Å²) in [6.07, 6.45) is 2.08. The molecule has 0 aromatic heterocycles. The maximum absolute atomic E-state index is 12.7. The first-order chi connectivity index (χ1) is 13.5. The third-order valence-corrected chi connectivity index (χ3v) is 4.39. The average molecular weight is 379 g/mol. The standard InChI is InChI=1S/C21H21N3O4/c1-2-14-7-9-15(10-8-14)22-20(27)16-5-3-4-6-17(16)23-18-13-19(26)24(11-12-25)21(18)28/h3-10,13,23,25H,2,11-12H2,1H3,(H,22,27). The van der Waals surface area contributed by atoms with E-state index in [1.165, 1.54) is 5.56 Å². The zero-order chi connectivity index (χ0) is 20.1. The minimum atomic E-state index is -0.538. The molecule has 1 aliphatic rings. The van der Waals surface area contributed by atoms with Crippen molar-refractivity contribution >= 4 is 29.1 Å². The Labute approximate surface area is 162 Å². The largest absolute Gasteiger partial charge is 0.395 e. The minimum absolute atomic E-state index is 0.0611. The number of imide groups is 1. The predicted molar refractivity (Wildman–Crippen MR) is 106 cm³/mol. The van der Waals surface area contributed by atoms with Gasteiger partial charge in [0.15, 0.2) is 0 Å². The van der Waals surface area contributed by atoms with E-state index in [-0.39, 0.29) is 24.8 Å². The highest BCUT2D eigenvalue weighted by atomic mass is 16.3. The van der Waals surface area contributed by atoms with Crippen molar-refractivity contribution in [3.63, 3.8) is 0 Å². The van der Waals surface area contributed by atoms with Crippen LogP contribution in [0.15, 0.2) is 60.3 Å². The van der Waals surface area contributed by atoms with Crippen LogP contribution in [0.4, 0.5) is 11.4 Å². The van der Waals surface area contributed by atoms with Gasteiger partial charge in [-0.3, -0.25) is 19.3 Å². The molecule has 1 aliphatic heterocycles. The first-order valence-corrected chi connectivity index (χ1v) is 8.98. The number of hydrogen-bond donors (Lipinski definition) is 3. The molecule has 0 bridgehead atoms. The molecule has 0 fully saturated rings. The number of nitrogens with one attached hydrogen (secondary N) is 2. The van der Waals surface area contributed by atoms with Crippen LogP contribution in [0.2, 0.25) is 0 Å². The normalized spacial score (nSPS) is 13.5. The fourth-order valence-electron chi connectivity index (χ4n) is 2.87. The SMILES string of the molecule is CCc1ccc(NC(=O)c2ccccc2NC2=CC(=O)N(CCO)C2=O)cc1. The summed E-state index contributed by atoms with van der Waals surface area (Å²) in [6, 6.07) is 14.3. The Hall–Kier alpha value is -3.45. The smallest absolute Gasteiger partial charge is 0.277 e. The lowest BCUT2D eigenvalue weighted by Gasteiger charge is -2.15. The highest BCUT2D eigenvalue weighted by molar-refractivity contribution is 6.18. The number of anilines is 2. The van der Waals surface area contributed by atoms with Crippen molar-refractivity contribution in [2.45, 2.75) is 13.3 Å². The zero-order valence-electron chi connectivity index (χ0n) is 15.4. The summed E-state index contributed by atoms with van der Waals surface area (Å²) in [7, 11) is 0. The Morgan fingerprint density at radius 1 is 1.07 bits per heavy atom. The first kappa shape index (κ1) is 19.3. The van der Waals surface area contributed by atoms with Gasteiger partial charge in [0, 0.05) is 11.8 Å². The molecule has 3 rings (SSSR count). The number of para-hydroxylation sites is 1. The van der Waals surface area contributed by atoms with Crippen LogP contribution in [-0.2, 0) is 16.0 Å². The second-order valence-electron chi connectivity index (χ2n) is 6.25. The summed E-state index contributed by atoms with van der Waals surface area (Å²) >= 11 is 0. The molecule has 0 aliphatic carbocycles. The van der Waals surface area contributed by atoms with Gasteiger partial charge < -0.3 is 15.7 Å². The minimum Gasteiger partial charge on any atom is -0.395 e. The van der Waals surface area contributed by atoms with Crippen molar-refractivity contribution in [1.82, 2.24) is 4.90 Å². The van der Waals surface area contributed by atoms with Gasteiger partial charge in [-0.1, -0.05) is 31.2 Å². The van der Waals surface area contributed by atoms with E-state index in [1.54, 1.807) is 24.3 Å². The number of carbonyl (C=O) groups is 3. The van der Waals surface area contributed by atoms with E-state index < -0.39 is 11.8 Å². The van der Waals surface area contributed by atoms with Gasteiger partial charge in [-0.05, 0) is 36.2 Å². The van der Waals surface area contributed by atoms with Crippen LogP contribution in [-0.4, -0.2) is 40.9 Å². The fraction of sp³-hybridized carbons (Fsp3) is 0.190. The molecule has 0 radical (unpaired) electrons. The lowest BCUT2D eigenvalue weighted by molar-refractivity contribution is -0.137. The molecule has 144 valence electrons. The Bertz CT molecular complexity index is 935. The van der Waals surface area contributed by atoms with E-state index in [9.17, 15) is 14.4 Å². The molecule has 0 saturated carbocycles. The highest BCUT2D eigenvalue weighted by Gasteiger charge is 2.31. The fourth-order valence-corrected chi connectivity index (χ4v) is 2.87. The van der Waals surface area contributed by atoms with Gasteiger partial charge in [-0.25, -0.2) is 0 Å². The zero-order valence-corrected chi connectivity index (χ0v) is 15.4. The third-order valence-electron chi connectivity index (χ3n) is 4.39. The predicted octanol–water partition coefficient (Wildman–Crippen LogP) is 2.16. The molecule has 3 N–H and O–H groups in total. The number of nitrogens with zero attached hydrogens (tertiary/aromatic N) is 1. The third kappa shape index (κ3) is 4.10. The number of aryl methyl sites for hydroxylation is 1. The lowest BCUT2D eigenvalue weighted by Crippen LogP contribution is -2.34. The number of aliphatic hydroxyl groups is 1. The molecule has 2 aromatic carbocycles. The number of rotatable bonds is 7. The van der Waals surface area contributed by atoms with Crippen LogP contribution in [0.3, 0.4) is 0 Å². The molecule has 2 aromatic rings. The van der Waals surface area contributed by atoms with Crippen LogP contribution in [0.5, 0.6) is 0 Å². The van der Waals surface area contributed by atoms with E-state index >= 15 is 0 Å². The van der Waals surface area contributed by atoms with E-state index in [2.05, 4.69) is 17.6 Å². The number of β-amino-alcohol motifs (C(OH)–C–C–N with tert-alkyl or cyclic N) is 1. The van der Waals surface area contributed by atoms with E-state index in [0.717, 1.165) is 17.4 Å². The van der Waals surface area contributed by atoms with Crippen molar-refractivity contribution in [1.29, 1.82) is 0 Å². The van der Waals surface area contributed by atoms with Crippen LogP contribution in [0, 0.1) is 0 Å². The number of hydrogen-bond acceptors (Lipinski definition) is 5. The number of amides is 3. The maximum atomic E-state index is 12.7. The van der Waals surface area contributed by atoms with Gasteiger partial charge in [-0.15, -0.1) is 0 Å². The summed E-state index contributed by atoms with van der Waals surface area (Å²) in [5, 5.41) is 14.7. The molecule has 3 amide bonds. The summed E-state index contributed by atoms with van der Waals surface area (Å²) in [5.74, 6) is -1.37. The van der Waals surface area contributed by atoms with Crippen LogP contribution < -0.4 is 10.6 Å². The molecule has 28 heavy (non-hydrogen) atoms. The Morgan fingerprint density at radius 3 is 2.46 bits per heavy atom. The van der Waals surface area contributed by atoms with Crippen molar-refractivity contribution in [3.8, 4) is 0 Å². The molecule has 0 atom stereocenters. The summed E-state index contributed by atoms with van der Waals surface area (Å²) in [5.41, 5.74) is 2.64. The second kappa shape index (κ2) is 8.49. The van der Waals surface area contributed by atoms with E-state index in [0.29, 0.717) is 16.9 Å². The van der Waals surface area contributed by atoms with Crippen LogP contribution in [0.1, 0.15) is 22.8 Å². The van der Waals surface area contributed by atoms with Gasteiger partial charge >= 0.3 is 0 Å². The first-order valence-electron chi connectivity index (χ1n) is 8.98. The molecule has 7 nitrogen and oxygen atoms in total. The summed E-state index contributed by atoms with van der Waals surface area (Å²) in [4.78, 5) is 37.8. The van der Waals surface area contributed by atoms with E-state index in [4.69, 9.17) is 5.11 Å². The van der Waals surface area contributed by atoms with E-state index in [1.807, 2.05) is 24.3 Å². The number of carbonyl (C=O) groups excluding carboxylic acids is 3. The van der Waals surface area contributed by atoms with Gasteiger partial charge in [0.25, 0.3) is 17.7 Å². The topological polar surface area (TPSA) is 98.7 Å². The molecular weight excluding hydrogens is 358 g/mol. The Kier molecular flexibility index (Phi) is 5.86. The molecule has 7 heteroatoms. The van der Waals surface area contributed by atoms with Gasteiger partial charge in [0.05, 0.1) is 24.4 Å². The van der Waals surface area contributed by atoms with Crippen LogP contribution >= 0.6 is 0 Å². The monoisotopic (exact) mass is 379 g/mol. The summed E-state index contributed by atoms with van der Waals surface area (Å²) in [6.45, 7) is 1.67.